The summed E-state index contributed by atoms with van der Waals surface area (Å²) < 4.78 is 11.3. The average Bonchev–Trinajstić information content (AvgIpc) is 2.53. The molecule has 1 rings (SSSR count). The number of carbonyl (C=O) groups is 2. The number of rotatable bonds is 11. The van der Waals surface area contributed by atoms with E-state index in [2.05, 4.69) is 22.9 Å². The van der Waals surface area contributed by atoms with Crippen LogP contribution >= 0.6 is 15.9 Å². The van der Waals surface area contributed by atoms with Crippen LogP contribution in [0.3, 0.4) is 0 Å². The molecule has 4 nitrogen and oxygen atoms in total. The lowest BCUT2D eigenvalue weighted by Crippen LogP contribution is -2.09. The van der Waals surface area contributed by atoms with Crippen LogP contribution in [0.5, 0.6) is 5.75 Å². The van der Waals surface area contributed by atoms with E-state index in [1.807, 2.05) is 12.1 Å². The highest BCUT2D eigenvalue weighted by Gasteiger charge is 2.07. The van der Waals surface area contributed by atoms with E-state index in [-0.39, 0.29) is 11.9 Å². The van der Waals surface area contributed by atoms with Crippen molar-refractivity contribution < 1.29 is 19.1 Å². The van der Waals surface area contributed by atoms with Gasteiger partial charge in [0.15, 0.2) is 0 Å². The Bertz CT molecular complexity index is 470. The molecule has 0 spiro atoms. The Morgan fingerprint density at radius 2 is 1.57 bits per heavy atom. The van der Waals surface area contributed by atoms with Crippen LogP contribution < -0.4 is 4.74 Å². The Balaban J connectivity index is 2.04. The number of esters is 2. The first kappa shape index (κ1) is 19.7. The normalized spacial score (nSPS) is 10.3. The first-order valence-electron chi connectivity index (χ1n) is 8.23. The van der Waals surface area contributed by atoms with Crippen LogP contribution in [-0.2, 0) is 14.3 Å². The number of carbonyl (C=O) groups excluding carboxylic acids is 2. The third-order valence-electron chi connectivity index (χ3n) is 3.32. The maximum absolute atomic E-state index is 11.7. The molecular formula is C18H25BrO4. The number of benzene rings is 1. The highest BCUT2D eigenvalue weighted by Crippen LogP contribution is 2.17. The second-order valence-corrected chi connectivity index (χ2v) is 6.33. The minimum absolute atomic E-state index is 0.178. The number of ether oxygens (including phenoxy) is 2. The summed E-state index contributed by atoms with van der Waals surface area (Å²) >= 11 is 3.32. The first-order chi connectivity index (χ1) is 11.1. The van der Waals surface area contributed by atoms with E-state index in [0.717, 1.165) is 17.3 Å². The fraction of sp³-hybridized carbons (Fsp3) is 0.556. The number of hydrogen-bond donors (Lipinski definition) is 0. The molecule has 0 saturated carbocycles. The molecule has 0 radical (unpaired) electrons. The van der Waals surface area contributed by atoms with Crippen LogP contribution in [-0.4, -0.2) is 18.5 Å². The molecule has 0 aliphatic heterocycles. The van der Waals surface area contributed by atoms with Gasteiger partial charge in [-0.25, -0.2) is 0 Å². The van der Waals surface area contributed by atoms with Crippen molar-refractivity contribution in [1.29, 1.82) is 0 Å². The summed E-state index contributed by atoms with van der Waals surface area (Å²) in [5, 5.41) is 0. The summed E-state index contributed by atoms with van der Waals surface area (Å²) in [6.07, 6.45) is 6.32. The van der Waals surface area contributed by atoms with Gasteiger partial charge in [0.05, 0.1) is 6.61 Å². The maximum atomic E-state index is 11.7. The monoisotopic (exact) mass is 384 g/mol. The topological polar surface area (TPSA) is 52.6 Å². The summed E-state index contributed by atoms with van der Waals surface area (Å²) in [7, 11) is 0. The minimum Gasteiger partial charge on any atom is -0.466 e. The van der Waals surface area contributed by atoms with Gasteiger partial charge in [0, 0.05) is 17.3 Å². The Morgan fingerprint density at radius 1 is 0.913 bits per heavy atom. The zero-order chi connectivity index (χ0) is 16.9. The number of unbranched alkanes of at least 4 members (excludes halogenated alkanes) is 4. The van der Waals surface area contributed by atoms with Gasteiger partial charge in [-0.15, -0.1) is 0 Å². The molecule has 0 unspecified atom stereocenters. The molecule has 0 N–H and O–H groups in total. The third-order valence-corrected chi connectivity index (χ3v) is 3.85. The highest BCUT2D eigenvalue weighted by molar-refractivity contribution is 9.10. The van der Waals surface area contributed by atoms with Crippen LogP contribution in [0.1, 0.15) is 58.3 Å². The summed E-state index contributed by atoms with van der Waals surface area (Å²) in [4.78, 5) is 23.2. The van der Waals surface area contributed by atoms with Gasteiger partial charge >= 0.3 is 11.9 Å². The molecule has 0 saturated heterocycles. The third kappa shape index (κ3) is 10.1. The molecule has 128 valence electrons. The zero-order valence-electron chi connectivity index (χ0n) is 13.7. The minimum atomic E-state index is -0.278. The largest absolute Gasteiger partial charge is 0.466 e. The fourth-order valence-corrected chi connectivity index (χ4v) is 2.28. The van der Waals surface area contributed by atoms with Gasteiger partial charge in [0.2, 0.25) is 0 Å². The van der Waals surface area contributed by atoms with Crippen LogP contribution in [0.25, 0.3) is 0 Å². The van der Waals surface area contributed by atoms with E-state index in [4.69, 9.17) is 9.47 Å². The summed E-state index contributed by atoms with van der Waals surface area (Å²) in [6, 6.07) is 7.11. The van der Waals surface area contributed by atoms with E-state index < -0.39 is 0 Å². The molecule has 0 heterocycles. The predicted octanol–water partition coefficient (Wildman–Crippen LogP) is 5.04. The SMILES string of the molecule is CCCCCCOC(=O)CCCCC(=O)Oc1ccc(Br)cc1. The number of hydrogen-bond acceptors (Lipinski definition) is 4. The predicted molar refractivity (Wildman–Crippen MR) is 93.3 cm³/mol. The first-order valence-corrected chi connectivity index (χ1v) is 9.03. The Labute approximate surface area is 146 Å². The molecular weight excluding hydrogens is 360 g/mol. The van der Waals surface area contributed by atoms with E-state index >= 15 is 0 Å². The standard InChI is InChI=1S/C18H25BrO4/c1-2-3-4-7-14-22-17(20)8-5-6-9-18(21)23-16-12-10-15(19)11-13-16/h10-13H,2-9,14H2,1H3. The Morgan fingerprint density at radius 3 is 2.22 bits per heavy atom. The summed E-state index contributed by atoms with van der Waals surface area (Å²) in [5.41, 5.74) is 0. The van der Waals surface area contributed by atoms with Crippen molar-refractivity contribution in [2.75, 3.05) is 6.61 Å². The van der Waals surface area contributed by atoms with Crippen molar-refractivity contribution in [3.05, 3.63) is 28.7 Å². The van der Waals surface area contributed by atoms with Crippen molar-refractivity contribution in [3.8, 4) is 5.75 Å². The molecule has 0 amide bonds. The zero-order valence-corrected chi connectivity index (χ0v) is 15.3. The molecule has 0 aliphatic rings. The van der Waals surface area contributed by atoms with Gasteiger partial charge in [0.25, 0.3) is 0 Å². The summed E-state index contributed by atoms with van der Waals surface area (Å²) in [6.45, 7) is 2.65. The summed E-state index contributed by atoms with van der Waals surface area (Å²) in [5.74, 6) is 0.0766. The van der Waals surface area contributed by atoms with E-state index in [0.29, 0.717) is 38.0 Å². The van der Waals surface area contributed by atoms with Gasteiger partial charge in [-0.1, -0.05) is 42.1 Å². The second-order valence-electron chi connectivity index (χ2n) is 5.42. The van der Waals surface area contributed by atoms with Crippen molar-refractivity contribution in [1.82, 2.24) is 0 Å². The molecule has 1 aromatic carbocycles. The van der Waals surface area contributed by atoms with Crippen LogP contribution in [0.4, 0.5) is 0 Å². The molecule has 1 aromatic rings. The molecule has 0 bridgehead atoms. The van der Waals surface area contributed by atoms with Gasteiger partial charge in [0.1, 0.15) is 5.75 Å². The quantitative estimate of drug-likeness (QED) is 0.304. The van der Waals surface area contributed by atoms with Crippen LogP contribution in [0.15, 0.2) is 28.7 Å². The van der Waals surface area contributed by atoms with Crippen LogP contribution in [0.2, 0.25) is 0 Å². The smallest absolute Gasteiger partial charge is 0.311 e. The number of halogens is 1. The Kier molecular flexibility index (Phi) is 10.4. The lowest BCUT2D eigenvalue weighted by atomic mass is 10.2. The van der Waals surface area contributed by atoms with Crippen molar-refractivity contribution >= 4 is 27.9 Å². The fourth-order valence-electron chi connectivity index (χ4n) is 2.01. The molecule has 0 atom stereocenters. The van der Waals surface area contributed by atoms with Gasteiger partial charge in [-0.05, 0) is 43.5 Å². The van der Waals surface area contributed by atoms with Crippen molar-refractivity contribution in [3.63, 3.8) is 0 Å². The van der Waals surface area contributed by atoms with E-state index in [1.54, 1.807) is 12.1 Å². The molecule has 0 fully saturated rings. The van der Waals surface area contributed by atoms with Gasteiger partial charge in [-0.3, -0.25) is 9.59 Å². The maximum Gasteiger partial charge on any atom is 0.311 e. The van der Waals surface area contributed by atoms with E-state index in [9.17, 15) is 9.59 Å². The molecule has 5 heteroatoms. The van der Waals surface area contributed by atoms with Gasteiger partial charge in [-0.2, -0.15) is 0 Å². The molecule has 0 aromatic heterocycles. The van der Waals surface area contributed by atoms with E-state index in [1.165, 1.54) is 12.8 Å². The van der Waals surface area contributed by atoms with Crippen molar-refractivity contribution in [2.45, 2.75) is 58.3 Å². The molecule has 0 aliphatic carbocycles. The lowest BCUT2D eigenvalue weighted by molar-refractivity contribution is -0.144. The van der Waals surface area contributed by atoms with Crippen LogP contribution in [0, 0.1) is 0 Å². The van der Waals surface area contributed by atoms with Crippen molar-refractivity contribution in [2.24, 2.45) is 0 Å². The molecule has 23 heavy (non-hydrogen) atoms. The second kappa shape index (κ2) is 12.1. The lowest BCUT2D eigenvalue weighted by Gasteiger charge is -2.05. The average molecular weight is 385 g/mol. The highest BCUT2D eigenvalue weighted by atomic mass is 79.9. The van der Waals surface area contributed by atoms with Gasteiger partial charge < -0.3 is 9.47 Å². The Hall–Kier alpha value is -1.36.